The molecule has 1 N–H and O–H groups in total. The lowest BCUT2D eigenvalue weighted by Crippen LogP contribution is -2.33. The largest absolute Gasteiger partial charge is 0.324 e. The zero-order valence-electron chi connectivity index (χ0n) is 13.7. The lowest BCUT2D eigenvalue weighted by Gasteiger charge is -2.21. The van der Waals surface area contributed by atoms with Crippen LogP contribution in [0, 0.1) is 13.8 Å². The molecule has 130 valence electrons. The summed E-state index contributed by atoms with van der Waals surface area (Å²) in [7, 11) is 0. The van der Waals surface area contributed by atoms with Crippen LogP contribution in [0.1, 0.15) is 16.8 Å². The maximum atomic E-state index is 5.83. The predicted octanol–water partition coefficient (Wildman–Crippen LogP) is 3.76. The van der Waals surface area contributed by atoms with Crippen molar-refractivity contribution < 1.29 is 4.84 Å². The van der Waals surface area contributed by atoms with Gasteiger partial charge in [0.2, 0.25) is 5.96 Å². The second-order valence-corrected chi connectivity index (χ2v) is 5.29. The minimum atomic E-state index is 0. The highest BCUT2D eigenvalue weighted by atomic mass is 35.5. The van der Waals surface area contributed by atoms with E-state index in [2.05, 4.69) is 47.3 Å². The van der Waals surface area contributed by atoms with Crippen LogP contribution in [-0.2, 0) is 11.4 Å². The van der Waals surface area contributed by atoms with Crippen molar-refractivity contribution in [2.75, 3.05) is 18.4 Å². The smallest absolute Gasteiger partial charge is 0.223 e. The number of pyridine rings is 1. The average Bonchev–Trinajstić information content (AvgIpc) is 2.97. The Morgan fingerprint density at radius 3 is 2.50 bits per heavy atom. The van der Waals surface area contributed by atoms with Gasteiger partial charge in [-0.15, -0.1) is 24.8 Å². The molecule has 0 fully saturated rings. The highest BCUT2D eigenvalue weighted by Crippen LogP contribution is 2.21. The molecule has 0 amide bonds. The molecule has 0 saturated carbocycles. The molecule has 1 aliphatic heterocycles. The Labute approximate surface area is 154 Å². The van der Waals surface area contributed by atoms with Gasteiger partial charge in [0.1, 0.15) is 6.61 Å². The summed E-state index contributed by atoms with van der Waals surface area (Å²) in [4.78, 5) is 14.6. The van der Waals surface area contributed by atoms with Crippen LogP contribution in [0.5, 0.6) is 0 Å². The monoisotopic (exact) mass is 368 g/mol. The molecule has 24 heavy (non-hydrogen) atoms. The number of aryl methyl sites for hydroxylation is 2. The fraction of sp³-hybridized carbons (Fsp3) is 0.294. The molecule has 7 heteroatoms. The highest BCUT2D eigenvalue weighted by molar-refractivity contribution is 5.95. The first kappa shape index (κ1) is 20.2. The minimum absolute atomic E-state index is 0. The van der Waals surface area contributed by atoms with Crippen LogP contribution >= 0.6 is 24.8 Å². The van der Waals surface area contributed by atoms with Crippen molar-refractivity contribution in [1.29, 1.82) is 0 Å². The van der Waals surface area contributed by atoms with Crippen molar-refractivity contribution in [1.82, 2.24) is 10.0 Å². The van der Waals surface area contributed by atoms with E-state index in [0.717, 1.165) is 30.4 Å². The molecule has 0 spiro atoms. The number of nitrogens with zero attached hydrogens (tertiary/aromatic N) is 3. The summed E-state index contributed by atoms with van der Waals surface area (Å²) >= 11 is 0. The second kappa shape index (κ2) is 9.47. The number of para-hydroxylation sites is 1. The normalized spacial score (nSPS) is 12.9. The molecule has 3 rings (SSSR count). The van der Waals surface area contributed by atoms with Crippen molar-refractivity contribution in [3.8, 4) is 0 Å². The third kappa shape index (κ3) is 4.84. The number of guanidine groups is 1. The van der Waals surface area contributed by atoms with Crippen LogP contribution in [0.15, 0.2) is 47.6 Å². The average molecular weight is 369 g/mol. The zero-order chi connectivity index (χ0) is 15.4. The number of hydroxylamine groups is 2. The van der Waals surface area contributed by atoms with E-state index in [-0.39, 0.29) is 24.8 Å². The van der Waals surface area contributed by atoms with E-state index in [1.165, 1.54) is 11.1 Å². The summed E-state index contributed by atoms with van der Waals surface area (Å²) in [6.45, 7) is 6.09. The SMILES string of the molecule is Cc1cccc(C)c1NC1=NCCN1OCc1ccccn1.Cl.Cl. The van der Waals surface area contributed by atoms with Crippen LogP contribution in [0.3, 0.4) is 0 Å². The fourth-order valence-electron chi connectivity index (χ4n) is 2.41. The minimum Gasteiger partial charge on any atom is -0.324 e. The number of anilines is 1. The van der Waals surface area contributed by atoms with E-state index in [4.69, 9.17) is 4.84 Å². The van der Waals surface area contributed by atoms with Gasteiger partial charge in [-0.25, -0.2) is 10.1 Å². The van der Waals surface area contributed by atoms with Crippen molar-refractivity contribution in [2.45, 2.75) is 20.5 Å². The van der Waals surface area contributed by atoms with E-state index in [1.54, 1.807) is 11.3 Å². The first-order valence-electron chi connectivity index (χ1n) is 7.42. The number of halogens is 2. The number of aromatic nitrogens is 1. The number of rotatable bonds is 4. The summed E-state index contributed by atoms with van der Waals surface area (Å²) in [6, 6.07) is 12.0. The van der Waals surface area contributed by atoms with Crippen molar-refractivity contribution >= 4 is 36.5 Å². The molecule has 0 saturated heterocycles. The van der Waals surface area contributed by atoms with E-state index >= 15 is 0 Å². The molecule has 2 heterocycles. The maximum absolute atomic E-state index is 5.83. The lowest BCUT2D eigenvalue weighted by atomic mass is 10.1. The number of hydrogen-bond donors (Lipinski definition) is 1. The summed E-state index contributed by atoms with van der Waals surface area (Å²) in [6.07, 6.45) is 1.77. The predicted molar refractivity (Wildman–Crippen MR) is 102 cm³/mol. The summed E-state index contributed by atoms with van der Waals surface area (Å²) in [5, 5.41) is 5.20. The van der Waals surface area contributed by atoms with Gasteiger partial charge in [0.15, 0.2) is 0 Å². The van der Waals surface area contributed by atoms with Crippen LogP contribution in [0.4, 0.5) is 5.69 Å². The van der Waals surface area contributed by atoms with Gasteiger partial charge in [0.05, 0.1) is 18.8 Å². The van der Waals surface area contributed by atoms with Gasteiger partial charge in [0, 0.05) is 11.9 Å². The Kier molecular flexibility index (Phi) is 7.98. The lowest BCUT2D eigenvalue weighted by molar-refractivity contribution is -0.104. The van der Waals surface area contributed by atoms with Crippen LogP contribution in [-0.4, -0.2) is 29.1 Å². The van der Waals surface area contributed by atoms with Crippen LogP contribution in [0.2, 0.25) is 0 Å². The molecule has 1 aromatic carbocycles. The Bertz CT molecular complexity index is 659. The van der Waals surface area contributed by atoms with Gasteiger partial charge >= 0.3 is 0 Å². The number of aliphatic imine (C=N–C) groups is 1. The summed E-state index contributed by atoms with van der Waals surface area (Å²) in [5.74, 6) is 0.758. The molecule has 2 aromatic rings. The van der Waals surface area contributed by atoms with E-state index in [9.17, 15) is 0 Å². The van der Waals surface area contributed by atoms with Gasteiger partial charge in [-0.3, -0.25) is 9.82 Å². The molecule has 0 radical (unpaired) electrons. The van der Waals surface area contributed by atoms with Gasteiger partial charge in [-0.1, -0.05) is 24.3 Å². The summed E-state index contributed by atoms with van der Waals surface area (Å²) in [5.41, 5.74) is 4.38. The van der Waals surface area contributed by atoms with Crippen LogP contribution < -0.4 is 5.32 Å². The molecule has 5 nitrogen and oxygen atoms in total. The Morgan fingerprint density at radius 1 is 1.08 bits per heavy atom. The van der Waals surface area contributed by atoms with Crippen molar-refractivity contribution in [3.05, 3.63) is 59.4 Å². The third-order valence-corrected chi connectivity index (χ3v) is 3.61. The van der Waals surface area contributed by atoms with Crippen molar-refractivity contribution in [2.24, 2.45) is 4.99 Å². The quantitative estimate of drug-likeness (QED) is 0.892. The Balaban J connectivity index is 0.00000144. The zero-order valence-corrected chi connectivity index (χ0v) is 15.4. The summed E-state index contributed by atoms with van der Waals surface area (Å²) < 4.78 is 0. The highest BCUT2D eigenvalue weighted by Gasteiger charge is 2.19. The third-order valence-electron chi connectivity index (χ3n) is 3.61. The topological polar surface area (TPSA) is 49.8 Å². The molecular formula is C17H22Cl2N4O. The molecular weight excluding hydrogens is 347 g/mol. The molecule has 1 aliphatic rings. The fourth-order valence-corrected chi connectivity index (χ4v) is 2.41. The van der Waals surface area contributed by atoms with E-state index in [0.29, 0.717) is 6.61 Å². The molecule has 1 aromatic heterocycles. The molecule has 0 unspecified atom stereocenters. The Hall–Kier alpha value is -1.82. The first-order chi connectivity index (χ1) is 10.7. The standard InChI is InChI=1S/C17H20N4O.2ClH/c1-13-6-5-7-14(2)16(13)20-17-19-10-11-21(17)22-12-15-8-3-4-9-18-15;;/h3-9H,10-12H2,1-2H3,(H,19,20);2*1H. The van der Waals surface area contributed by atoms with E-state index < -0.39 is 0 Å². The molecule has 0 aliphatic carbocycles. The Morgan fingerprint density at radius 2 is 1.83 bits per heavy atom. The van der Waals surface area contributed by atoms with E-state index in [1.807, 2.05) is 18.2 Å². The van der Waals surface area contributed by atoms with Crippen LogP contribution in [0.25, 0.3) is 0 Å². The van der Waals surface area contributed by atoms with Gasteiger partial charge < -0.3 is 5.32 Å². The van der Waals surface area contributed by atoms with Crippen molar-refractivity contribution in [3.63, 3.8) is 0 Å². The second-order valence-electron chi connectivity index (χ2n) is 5.29. The molecule has 0 atom stereocenters. The number of nitrogens with one attached hydrogen (secondary N) is 1. The van der Waals surface area contributed by atoms with Gasteiger partial charge in [-0.2, -0.15) is 0 Å². The maximum Gasteiger partial charge on any atom is 0.223 e. The van der Waals surface area contributed by atoms with Gasteiger partial charge in [0.25, 0.3) is 0 Å². The number of hydrogen-bond acceptors (Lipinski definition) is 5. The number of benzene rings is 1. The first-order valence-corrected chi connectivity index (χ1v) is 7.42. The van der Waals surface area contributed by atoms with Gasteiger partial charge in [-0.05, 0) is 37.1 Å². The molecule has 0 bridgehead atoms.